The topological polar surface area (TPSA) is 21.3 Å². The Labute approximate surface area is 123 Å². The molecule has 0 saturated heterocycles. The van der Waals surface area contributed by atoms with E-state index in [0.717, 1.165) is 23.1 Å². The van der Waals surface area contributed by atoms with Crippen LogP contribution in [0.5, 0.6) is 5.75 Å². The summed E-state index contributed by atoms with van der Waals surface area (Å²) < 4.78 is 5.99. The van der Waals surface area contributed by atoms with E-state index >= 15 is 0 Å². The van der Waals surface area contributed by atoms with Crippen molar-refractivity contribution in [3.05, 3.63) is 51.2 Å². The highest BCUT2D eigenvalue weighted by atomic mass is 35.5. The Morgan fingerprint density at radius 1 is 1.21 bits per heavy atom. The van der Waals surface area contributed by atoms with Gasteiger partial charge in [-0.3, -0.25) is 0 Å². The zero-order chi connectivity index (χ0) is 13.7. The monoisotopic (exact) mass is 295 g/mol. The van der Waals surface area contributed by atoms with E-state index < -0.39 is 0 Å². The van der Waals surface area contributed by atoms with Gasteiger partial charge >= 0.3 is 0 Å². The first-order chi connectivity index (χ1) is 9.19. The van der Waals surface area contributed by atoms with Gasteiger partial charge in [-0.2, -0.15) is 0 Å². The lowest BCUT2D eigenvalue weighted by Crippen LogP contribution is -2.20. The molecular weight excluding hydrogens is 278 g/mol. The molecule has 1 heterocycles. The molecule has 0 spiro atoms. The average Bonchev–Trinajstić information content (AvgIpc) is 2.86. The minimum atomic E-state index is 0.343. The standard InChI is InChI=1S/C15H18ClNOS/c1-11(14-7-8-15(16)19-14)17-10-9-12-3-5-13(18-2)6-4-12/h3-8,11,17H,9-10H2,1-2H3. The number of ether oxygens (including phenoxy) is 1. The van der Waals surface area contributed by atoms with Gasteiger partial charge in [-0.1, -0.05) is 23.7 Å². The van der Waals surface area contributed by atoms with Crippen LogP contribution in [0, 0.1) is 0 Å². The van der Waals surface area contributed by atoms with Crippen molar-refractivity contribution in [1.29, 1.82) is 0 Å². The van der Waals surface area contributed by atoms with E-state index in [9.17, 15) is 0 Å². The van der Waals surface area contributed by atoms with Crippen LogP contribution in [0.15, 0.2) is 36.4 Å². The second-order valence-corrected chi connectivity index (χ2v) is 6.16. The number of benzene rings is 1. The third kappa shape index (κ3) is 4.23. The fourth-order valence-corrected chi connectivity index (χ4v) is 2.97. The molecule has 2 aromatic rings. The van der Waals surface area contributed by atoms with Crippen molar-refractivity contribution in [2.45, 2.75) is 19.4 Å². The maximum atomic E-state index is 5.94. The van der Waals surface area contributed by atoms with Gasteiger partial charge < -0.3 is 10.1 Å². The number of hydrogen-bond donors (Lipinski definition) is 1. The highest BCUT2D eigenvalue weighted by Crippen LogP contribution is 2.26. The van der Waals surface area contributed by atoms with Crippen LogP contribution in [0.2, 0.25) is 4.34 Å². The van der Waals surface area contributed by atoms with Gasteiger partial charge in [-0.15, -0.1) is 11.3 Å². The number of nitrogens with one attached hydrogen (secondary N) is 1. The summed E-state index contributed by atoms with van der Waals surface area (Å²) >= 11 is 7.58. The maximum absolute atomic E-state index is 5.94. The Morgan fingerprint density at radius 3 is 2.53 bits per heavy atom. The van der Waals surface area contributed by atoms with Crippen molar-refractivity contribution in [2.75, 3.05) is 13.7 Å². The van der Waals surface area contributed by atoms with Crippen molar-refractivity contribution >= 4 is 22.9 Å². The van der Waals surface area contributed by atoms with Crippen LogP contribution in [-0.2, 0) is 6.42 Å². The smallest absolute Gasteiger partial charge is 0.118 e. The molecule has 1 aromatic carbocycles. The second-order valence-electron chi connectivity index (χ2n) is 4.42. The Morgan fingerprint density at radius 2 is 1.95 bits per heavy atom. The molecule has 2 rings (SSSR count). The summed E-state index contributed by atoms with van der Waals surface area (Å²) in [5, 5.41) is 3.51. The Balaban J connectivity index is 1.79. The van der Waals surface area contributed by atoms with Gasteiger partial charge in [0.15, 0.2) is 0 Å². The fourth-order valence-electron chi connectivity index (χ4n) is 1.89. The van der Waals surface area contributed by atoms with Crippen molar-refractivity contribution < 1.29 is 4.74 Å². The molecule has 2 nitrogen and oxygen atoms in total. The first-order valence-corrected chi connectivity index (χ1v) is 7.50. The summed E-state index contributed by atoms with van der Waals surface area (Å²) in [6.45, 7) is 3.11. The molecule has 1 N–H and O–H groups in total. The Bertz CT molecular complexity index is 509. The van der Waals surface area contributed by atoms with E-state index in [1.54, 1.807) is 18.4 Å². The molecule has 1 atom stereocenters. The summed E-state index contributed by atoms with van der Waals surface area (Å²) in [6, 6.07) is 12.6. The van der Waals surface area contributed by atoms with E-state index in [1.807, 2.05) is 18.2 Å². The number of thiophene rings is 1. The summed E-state index contributed by atoms with van der Waals surface area (Å²) in [5.74, 6) is 0.901. The first kappa shape index (κ1) is 14.4. The average molecular weight is 296 g/mol. The third-order valence-corrected chi connectivity index (χ3v) is 4.46. The zero-order valence-corrected chi connectivity index (χ0v) is 12.7. The summed E-state index contributed by atoms with van der Waals surface area (Å²) in [4.78, 5) is 1.28. The Kier molecular flexibility index (Phi) is 5.25. The van der Waals surface area contributed by atoms with Gasteiger partial charge in [0, 0.05) is 10.9 Å². The number of methoxy groups -OCH3 is 1. The number of hydrogen-bond acceptors (Lipinski definition) is 3. The van der Waals surface area contributed by atoms with Crippen LogP contribution in [-0.4, -0.2) is 13.7 Å². The molecule has 102 valence electrons. The molecule has 0 aliphatic rings. The molecular formula is C15H18ClNOS. The van der Waals surface area contributed by atoms with Crippen LogP contribution < -0.4 is 10.1 Å². The predicted octanol–water partition coefficient (Wildman–Crippen LogP) is 4.30. The molecule has 0 saturated carbocycles. The van der Waals surface area contributed by atoms with Crippen LogP contribution >= 0.6 is 22.9 Å². The molecule has 0 aliphatic heterocycles. The van der Waals surface area contributed by atoms with Gasteiger partial charge in [0.2, 0.25) is 0 Å². The van der Waals surface area contributed by atoms with Crippen molar-refractivity contribution in [2.24, 2.45) is 0 Å². The van der Waals surface area contributed by atoms with E-state index in [2.05, 4.69) is 30.4 Å². The highest BCUT2D eigenvalue weighted by Gasteiger charge is 2.07. The lowest BCUT2D eigenvalue weighted by molar-refractivity contribution is 0.414. The molecule has 19 heavy (non-hydrogen) atoms. The zero-order valence-electron chi connectivity index (χ0n) is 11.2. The van der Waals surface area contributed by atoms with E-state index in [4.69, 9.17) is 16.3 Å². The normalized spacial score (nSPS) is 12.4. The Hall–Kier alpha value is -1.03. The van der Waals surface area contributed by atoms with E-state index in [1.165, 1.54) is 10.4 Å². The van der Waals surface area contributed by atoms with Crippen LogP contribution in [0.1, 0.15) is 23.4 Å². The third-order valence-electron chi connectivity index (χ3n) is 3.04. The lowest BCUT2D eigenvalue weighted by Gasteiger charge is -2.12. The molecule has 0 aliphatic carbocycles. The van der Waals surface area contributed by atoms with Gasteiger partial charge in [-0.05, 0) is 49.7 Å². The first-order valence-electron chi connectivity index (χ1n) is 6.30. The number of halogens is 1. The van der Waals surface area contributed by atoms with Crippen molar-refractivity contribution in [1.82, 2.24) is 5.32 Å². The molecule has 0 amide bonds. The minimum Gasteiger partial charge on any atom is -0.497 e. The summed E-state index contributed by atoms with van der Waals surface area (Å²) in [7, 11) is 1.68. The summed E-state index contributed by atoms with van der Waals surface area (Å²) in [6.07, 6.45) is 1.01. The quantitative estimate of drug-likeness (QED) is 0.858. The minimum absolute atomic E-state index is 0.343. The van der Waals surface area contributed by atoms with E-state index in [0.29, 0.717) is 6.04 Å². The predicted molar refractivity (Wildman–Crippen MR) is 82.4 cm³/mol. The van der Waals surface area contributed by atoms with Gasteiger partial charge in [0.25, 0.3) is 0 Å². The van der Waals surface area contributed by atoms with E-state index in [-0.39, 0.29) is 0 Å². The van der Waals surface area contributed by atoms with Gasteiger partial charge in [0.1, 0.15) is 5.75 Å². The summed E-state index contributed by atoms with van der Waals surface area (Å²) in [5.41, 5.74) is 1.31. The SMILES string of the molecule is COc1ccc(CCNC(C)c2ccc(Cl)s2)cc1. The van der Waals surface area contributed by atoms with Crippen LogP contribution in [0.3, 0.4) is 0 Å². The molecule has 4 heteroatoms. The highest BCUT2D eigenvalue weighted by molar-refractivity contribution is 7.16. The van der Waals surface area contributed by atoms with Gasteiger partial charge in [0.05, 0.1) is 11.4 Å². The van der Waals surface area contributed by atoms with Crippen molar-refractivity contribution in [3.63, 3.8) is 0 Å². The molecule has 0 radical (unpaired) electrons. The van der Waals surface area contributed by atoms with Gasteiger partial charge in [-0.25, -0.2) is 0 Å². The molecule has 0 bridgehead atoms. The van der Waals surface area contributed by atoms with Crippen LogP contribution in [0.4, 0.5) is 0 Å². The molecule has 1 aromatic heterocycles. The second kappa shape index (κ2) is 6.94. The lowest BCUT2D eigenvalue weighted by atomic mass is 10.1. The maximum Gasteiger partial charge on any atom is 0.118 e. The molecule has 0 fully saturated rings. The van der Waals surface area contributed by atoms with Crippen molar-refractivity contribution in [3.8, 4) is 5.75 Å². The number of rotatable bonds is 6. The largest absolute Gasteiger partial charge is 0.497 e. The molecule has 1 unspecified atom stereocenters. The fraction of sp³-hybridized carbons (Fsp3) is 0.333. The van der Waals surface area contributed by atoms with Crippen LogP contribution in [0.25, 0.3) is 0 Å².